The molecule has 1 aliphatic heterocycles. The van der Waals surface area contributed by atoms with Crippen molar-refractivity contribution in [2.45, 2.75) is 58.3 Å². The first-order valence-corrected chi connectivity index (χ1v) is 7.79. The van der Waals surface area contributed by atoms with Gasteiger partial charge >= 0.3 is 0 Å². The van der Waals surface area contributed by atoms with Crippen LogP contribution in [0.2, 0.25) is 0 Å². The molecule has 2 atom stereocenters. The maximum Gasteiger partial charge on any atom is 0.234 e. The summed E-state index contributed by atoms with van der Waals surface area (Å²) in [5.41, 5.74) is -0.0545. The highest BCUT2D eigenvalue weighted by atomic mass is 16.5. The van der Waals surface area contributed by atoms with E-state index in [1.165, 1.54) is 0 Å². The molecule has 1 saturated carbocycles. The van der Waals surface area contributed by atoms with Gasteiger partial charge in [0.05, 0.1) is 18.8 Å². The van der Waals surface area contributed by atoms with Gasteiger partial charge in [-0.25, -0.2) is 0 Å². The minimum Gasteiger partial charge on any atom is -0.392 e. The van der Waals surface area contributed by atoms with Gasteiger partial charge in [-0.2, -0.15) is 0 Å². The number of nitrogens with zero attached hydrogens (tertiary/aromatic N) is 1. The lowest BCUT2D eigenvalue weighted by Gasteiger charge is -2.56. The van der Waals surface area contributed by atoms with Crippen LogP contribution in [0.15, 0.2) is 0 Å². The van der Waals surface area contributed by atoms with Crippen molar-refractivity contribution in [1.29, 1.82) is 0 Å². The van der Waals surface area contributed by atoms with E-state index in [9.17, 15) is 9.90 Å². The van der Waals surface area contributed by atoms with Crippen molar-refractivity contribution in [3.63, 3.8) is 0 Å². The monoisotopic (exact) mass is 284 g/mol. The molecule has 0 aromatic carbocycles. The second kappa shape index (κ2) is 6.41. The van der Waals surface area contributed by atoms with Gasteiger partial charge in [0, 0.05) is 24.5 Å². The van der Waals surface area contributed by atoms with Gasteiger partial charge in [-0.1, -0.05) is 0 Å². The molecule has 0 aromatic rings. The van der Waals surface area contributed by atoms with Crippen LogP contribution >= 0.6 is 0 Å². The Labute approximate surface area is 121 Å². The Kier molecular flexibility index (Phi) is 5.04. The molecule has 1 spiro atoms. The van der Waals surface area contributed by atoms with Gasteiger partial charge in [0.25, 0.3) is 0 Å². The number of hydrogen-bond acceptors (Lipinski definition) is 4. The van der Waals surface area contributed by atoms with Crippen molar-refractivity contribution < 1.29 is 14.6 Å². The lowest BCUT2D eigenvalue weighted by Crippen LogP contribution is -2.62. The summed E-state index contributed by atoms with van der Waals surface area (Å²) in [5, 5.41) is 13.1. The molecule has 1 saturated heterocycles. The van der Waals surface area contributed by atoms with E-state index in [2.05, 4.69) is 10.2 Å². The molecule has 1 amide bonds. The number of likely N-dealkylation sites (tertiary alicyclic amines) is 1. The molecule has 2 N–H and O–H groups in total. The molecule has 5 nitrogen and oxygen atoms in total. The third-order valence-corrected chi connectivity index (χ3v) is 4.71. The Morgan fingerprint density at radius 3 is 2.60 bits per heavy atom. The van der Waals surface area contributed by atoms with Crippen LogP contribution in [0.5, 0.6) is 0 Å². The first-order valence-electron chi connectivity index (χ1n) is 7.79. The molecule has 5 heteroatoms. The van der Waals surface area contributed by atoms with Crippen LogP contribution in [0.4, 0.5) is 0 Å². The number of aliphatic hydroxyl groups is 1. The Balaban J connectivity index is 1.81. The predicted molar refractivity (Wildman–Crippen MR) is 77.4 cm³/mol. The average molecular weight is 284 g/mol. The Morgan fingerprint density at radius 2 is 2.10 bits per heavy atom. The minimum atomic E-state index is -0.231. The zero-order valence-corrected chi connectivity index (χ0v) is 12.9. The molecule has 2 aliphatic rings. The van der Waals surface area contributed by atoms with Gasteiger partial charge < -0.3 is 15.2 Å². The molecule has 0 aromatic heterocycles. The van der Waals surface area contributed by atoms with Crippen LogP contribution in [0.3, 0.4) is 0 Å². The highest BCUT2D eigenvalue weighted by molar-refractivity contribution is 5.78. The van der Waals surface area contributed by atoms with E-state index in [-0.39, 0.29) is 29.6 Å². The summed E-state index contributed by atoms with van der Waals surface area (Å²) in [6.45, 7) is 8.85. The third-order valence-electron chi connectivity index (χ3n) is 4.71. The van der Waals surface area contributed by atoms with Crippen molar-refractivity contribution in [1.82, 2.24) is 10.2 Å². The number of aliphatic hydroxyl groups excluding tert-OH is 1. The Hall–Kier alpha value is -0.650. The van der Waals surface area contributed by atoms with Gasteiger partial charge in [0.15, 0.2) is 0 Å². The van der Waals surface area contributed by atoms with E-state index >= 15 is 0 Å². The van der Waals surface area contributed by atoms with Crippen molar-refractivity contribution in [2.75, 3.05) is 26.2 Å². The largest absolute Gasteiger partial charge is 0.392 e. The van der Waals surface area contributed by atoms with Crippen LogP contribution < -0.4 is 5.32 Å². The minimum absolute atomic E-state index is 0.0545. The molecular weight excluding hydrogens is 256 g/mol. The first-order chi connectivity index (χ1) is 9.48. The van der Waals surface area contributed by atoms with Crippen LogP contribution in [0.1, 0.15) is 40.0 Å². The molecule has 116 valence electrons. The van der Waals surface area contributed by atoms with Crippen molar-refractivity contribution in [2.24, 2.45) is 5.41 Å². The number of carbonyl (C=O) groups is 1. The number of ether oxygens (including phenoxy) is 1. The quantitative estimate of drug-likeness (QED) is 0.782. The Bertz CT molecular complexity index is 336. The van der Waals surface area contributed by atoms with Crippen molar-refractivity contribution in [3.8, 4) is 0 Å². The van der Waals surface area contributed by atoms with Gasteiger partial charge in [-0.15, -0.1) is 0 Å². The zero-order valence-electron chi connectivity index (χ0n) is 12.9. The number of nitrogens with one attached hydrogen (secondary N) is 1. The normalized spacial score (nSPS) is 29.4. The zero-order chi connectivity index (χ0) is 14.8. The standard InChI is InChI=1S/C15H28N2O3/c1-4-20-13-9-12(18)15(13)5-7-17(8-6-15)10-14(19)16-11(2)3/h11-13,18H,4-10H2,1-3H3,(H,16,19). The number of carbonyl (C=O) groups excluding carboxylic acids is 1. The molecular formula is C15H28N2O3. The average Bonchev–Trinajstić information content (AvgIpc) is 2.38. The fourth-order valence-electron chi connectivity index (χ4n) is 3.51. The fourth-order valence-corrected chi connectivity index (χ4v) is 3.51. The lowest BCUT2D eigenvalue weighted by atomic mass is 9.58. The van der Waals surface area contributed by atoms with Crippen LogP contribution in [0, 0.1) is 5.41 Å². The lowest BCUT2D eigenvalue weighted by molar-refractivity contribution is -0.209. The number of amides is 1. The molecule has 2 fully saturated rings. The highest BCUT2D eigenvalue weighted by Gasteiger charge is 2.55. The van der Waals surface area contributed by atoms with Crippen molar-refractivity contribution >= 4 is 5.91 Å². The second-order valence-electron chi connectivity index (χ2n) is 6.43. The summed E-state index contributed by atoms with van der Waals surface area (Å²) in [4.78, 5) is 13.9. The molecule has 2 rings (SSSR count). The van der Waals surface area contributed by atoms with E-state index in [4.69, 9.17) is 4.74 Å². The molecule has 1 aliphatic carbocycles. The maximum absolute atomic E-state index is 11.8. The van der Waals surface area contributed by atoms with Crippen molar-refractivity contribution in [3.05, 3.63) is 0 Å². The third kappa shape index (κ3) is 3.15. The van der Waals surface area contributed by atoms with Gasteiger partial charge in [0.2, 0.25) is 5.91 Å². The Morgan fingerprint density at radius 1 is 1.45 bits per heavy atom. The van der Waals surface area contributed by atoms with Crippen LogP contribution in [-0.4, -0.2) is 60.4 Å². The summed E-state index contributed by atoms with van der Waals surface area (Å²) in [5.74, 6) is 0.0893. The van der Waals surface area contributed by atoms with Gasteiger partial charge in [0.1, 0.15) is 0 Å². The predicted octanol–water partition coefficient (Wildman–Crippen LogP) is 0.763. The molecule has 20 heavy (non-hydrogen) atoms. The van der Waals surface area contributed by atoms with E-state index in [0.29, 0.717) is 13.2 Å². The van der Waals surface area contributed by atoms with E-state index in [0.717, 1.165) is 32.4 Å². The summed E-state index contributed by atoms with van der Waals surface area (Å²) >= 11 is 0. The number of rotatable bonds is 5. The summed E-state index contributed by atoms with van der Waals surface area (Å²) in [7, 11) is 0. The molecule has 0 bridgehead atoms. The van der Waals surface area contributed by atoms with E-state index < -0.39 is 0 Å². The van der Waals surface area contributed by atoms with Crippen LogP contribution in [0.25, 0.3) is 0 Å². The molecule has 1 heterocycles. The summed E-state index contributed by atoms with van der Waals surface area (Å²) in [6, 6.07) is 0.189. The first kappa shape index (κ1) is 15.7. The van der Waals surface area contributed by atoms with Crippen LogP contribution in [-0.2, 0) is 9.53 Å². The number of piperidine rings is 1. The smallest absolute Gasteiger partial charge is 0.234 e. The topological polar surface area (TPSA) is 61.8 Å². The fraction of sp³-hybridized carbons (Fsp3) is 0.933. The molecule has 2 unspecified atom stereocenters. The van der Waals surface area contributed by atoms with Gasteiger partial charge in [-0.3, -0.25) is 9.69 Å². The molecule has 0 radical (unpaired) electrons. The van der Waals surface area contributed by atoms with Gasteiger partial charge in [-0.05, 0) is 46.7 Å². The second-order valence-corrected chi connectivity index (χ2v) is 6.43. The summed E-state index contributed by atoms with van der Waals surface area (Å²) in [6.07, 6.45) is 2.59. The highest BCUT2D eigenvalue weighted by Crippen LogP contribution is 2.50. The SMILES string of the molecule is CCOC1CC(O)C12CCN(CC(=O)NC(C)C)CC2. The van der Waals surface area contributed by atoms with E-state index in [1.807, 2.05) is 20.8 Å². The maximum atomic E-state index is 11.8. The van der Waals surface area contributed by atoms with E-state index in [1.54, 1.807) is 0 Å². The summed E-state index contributed by atoms with van der Waals surface area (Å²) < 4.78 is 5.75. The number of hydrogen-bond donors (Lipinski definition) is 2.